The summed E-state index contributed by atoms with van der Waals surface area (Å²) < 4.78 is 43.4. The summed E-state index contributed by atoms with van der Waals surface area (Å²) in [6.07, 6.45) is -4.59. The van der Waals surface area contributed by atoms with E-state index in [4.69, 9.17) is 15.3 Å². The molecule has 0 bridgehead atoms. The summed E-state index contributed by atoms with van der Waals surface area (Å²) in [4.78, 5) is 0. The number of nitrogens with one attached hydrogen (secondary N) is 1. The number of halogens is 3. The molecule has 104 valence electrons. The monoisotopic (exact) mass is 282 g/mol. The molecule has 1 aromatic rings. The van der Waals surface area contributed by atoms with Crippen molar-refractivity contribution in [2.45, 2.75) is 13.1 Å². The van der Waals surface area contributed by atoms with Crippen LogP contribution in [0.2, 0.25) is 0 Å². The summed E-state index contributed by atoms with van der Waals surface area (Å²) in [5.74, 6) is -0.284. The standard InChI is InChI=1S/C12H9F3N4O/c1-7-3-8(18-19-9(5-16)6-17)4-10(11(7)20-2)12(13,14)15/h3-4,18H,1-2H3. The van der Waals surface area contributed by atoms with Crippen molar-refractivity contribution >= 4 is 11.4 Å². The highest BCUT2D eigenvalue weighted by Gasteiger charge is 2.35. The lowest BCUT2D eigenvalue weighted by molar-refractivity contribution is -0.138. The molecule has 20 heavy (non-hydrogen) atoms. The van der Waals surface area contributed by atoms with Gasteiger partial charge in [0.15, 0.2) is 0 Å². The van der Waals surface area contributed by atoms with E-state index < -0.39 is 17.5 Å². The third-order valence-corrected chi connectivity index (χ3v) is 2.29. The van der Waals surface area contributed by atoms with Crippen molar-refractivity contribution in [1.82, 2.24) is 0 Å². The summed E-state index contributed by atoms with van der Waals surface area (Å²) in [6, 6.07) is 5.13. The Balaban J connectivity index is 3.27. The number of ether oxygens (including phenoxy) is 1. The van der Waals surface area contributed by atoms with E-state index >= 15 is 0 Å². The van der Waals surface area contributed by atoms with Gasteiger partial charge < -0.3 is 4.74 Å². The summed E-state index contributed by atoms with van der Waals surface area (Å²) in [5, 5.41) is 20.3. The van der Waals surface area contributed by atoms with Crippen LogP contribution in [0.4, 0.5) is 18.9 Å². The first-order valence-electron chi connectivity index (χ1n) is 5.23. The maximum atomic E-state index is 12.9. The van der Waals surface area contributed by atoms with Gasteiger partial charge in [0.2, 0.25) is 5.71 Å². The highest BCUT2D eigenvalue weighted by atomic mass is 19.4. The number of methoxy groups -OCH3 is 1. The van der Waals surface area contributed by atoms with E-state index in [0.29, 0.717) is 0 Å². The Labute approximate surface area is 112 Å². The lowest BCUT2D eigenvalue weighted by atomic mass is 10.1. The zero-order chi connectivity index (χ0) is 15.3. The molecule has 0 aliphatic heterocycles. The zero-order valence-electron chi connectivity index (χ0n) is 10.5. The van der Waals surface area contributed by atoms with E-state index in [1.165, 1.54) is 25.1 Å². The van der Waals surface area contributed by atoms with Gasteiger partial charge in [0.1, 0.15) is 17.9 Å². The first-order chi connectivity index (χ1) is 9.33. The van der Waals surface area contributed by atoms with Crippen molar-refractivity contribution in [2.24, 2.45) is 5.10 Å². The number of rotatable bonds is 3. The molecule has 0 aromatic heterocycles. The molecule has 0 atom stereocenters. The van der Waals surface area contributed by atoms with Crippen molar-refractivity contribution in [3.05, 3.63) is 23.3 Å². The number of aryl methyl sites for hydroxylation is 1. The van der Waals surface area contributed by atoms with Crippen LogP contribution in [0.3, 0.4) is 0 Å². The van der Waals surface area contributed by atoms with Crippen molar-refractivity contribution in [2.75, 3.05) is 12.5 Å². The lowest BCUT2D eigenvalue weighted by Crippen LogP contribution is -2.09. The average molecular weight is 282 g/mol. The van der Waals surface area contributed by atoms with Gasteiger partial charge in [-0.1, -0.05) is 0 Å². The molecule has 1 rings (SSSR count). The second-order valence-corrected chi connectivity index (χ2v) is 3.67. The Bertz CT molecular complexity index is 607. The summed E-state index contributed by atoms with van der Waals surface area (Å²) in [5.41, 5.74) is 1.03. The second kappa shape index (κ2) is 5.93. The van der Waals surface area contributed by atoms with E-state index in [9.17, 15) is 13.2 Å². The summed E-state index contributed by atoms with van der Waals surface area (Å²) in [6.45, 7) is 1.44. The Morgan fingerprint density at radius 3 is 2.35 bits per heavy atom. The zero-order valence-corrected chi connectivity index (χ0v) is 10.5. The largest absolute Gasteiger partial charge is 0.496 e. The quantitative estimate of drug-likeness (QED) is 0.682. The van der Waals surface area contributed by atoms with Crippen molar-refractivity contribution < 1.29 is 17.9 Å². The highest BCUT2D eigenvalue weighted by Crippen LogP contribution is 2.39. The van der Waals surface area contributed by atoms with Gasteiger partial charge in [-0.3, -0.25) is 5.43 Å². The van der Waals surface area contributed by atoms with Gasteiger partial charge in [-0.2, -0.15) is 28.8 Å². The fourth-order valence-electron chi connectivity index (χ4n) is 1.52. The first kappa shape index (κ1) is 15.3. The molecule has 1 N–H and O–H groups in total. The molecule has 0 aliphatic carbocycles. The molecule has 0 aliphatic rings. The van der Waals surface area contributed by atoms with E-state index in [1.807, 2.05) is 0 Å². The molecule has 0 fully saturated rings. The number of anilines is 1. The number of benzene rings is 1. The van der Waals surface area contributed by atoms with Crippen LogP contribution in [0.15, 0.2) is 17.2 Å². The normalized spacial score (nSPS) is 10.2. The van der Waals surface area contributed by atoms with Gasteiger partial charge in [0, 0.05) is 0 Å². The number of alkyl halides is 3. The van der Waals surface area contributed by atoms with E-state index in [1.54, 1.807) is 0 Å². The molecule has 0 saturated carbocycles. The lowest BCUT2D eigenvalue weighted by Gasteiger charge is -2.15. The number of nitriles is 2. The topological polar surface area (TPSA) is 81.2 Å². The smallest absolute Gasteiger partial charge is 0.420 e. The van der Waals surface area contributed by atoms with Gasteiger partial charge >= 0.3 is 6.18 Å². The molecule has 8 heteroatoms. The van der Waals surface area contributed by atoms with Crippen LogP contribution in [0, 0.1) is 29.6 Å². The Hall–Kier alpha value is -2.74. The number of hydrazone groups is 1. The Morgan fingerprint density at radius 2 is 1.90 bits per heavy atom. The summed E-state index contributed by atoms with van der Waals surface area (Å²) in [7, 11) is 1.15. The van der Waals surface area contributed by atoms with Crippen LogP contribution in [0.5, 0.6) is 5.75 Å². The third-order valence-electron chi connectivity index (χ3n) is 2.29. The number of hydrogen-bond acceptors (Lipinski definition) is 5. The van der Waals surface area contributed by atoms with E-state index in [0.717, 1.165) is 13.2 Å². The van der Waals surface area contributed by atoms with Crippen LogP contribution in [0.25, 0.3) is 0 Å². The minimum Gasteiger partial charge on any atom is -0.496 e. The molecule has 0 radical (unpaired) electrons. The average Bonchev–Trinajstić information content (AvgIpc) is 2.38. The maximum Gasteiger partial charge on any atom is 0.420 e. The van der Waals surface area contributed by atoms with Gasteiger partial charge in [-0.15, -0.1) is 0 Å². The Kier molecular flexibility index (Phi) is 4.54. The van der Waals surface area contributed by atoms with Crippen molar-refractivity contribution in [1.29, 1.82) is 10.5 Å². The molecule has 0 amide bonds. The predicted octanol–water partition coefficient (Wildman–Crippen LogP) is 2.84. The molecule has 0 heterocycles. The molecule has 0 saturated heterocycles. The minimum absolute atomic E-state index is 0.00127. The summed E-state index contributed by atoms with van der Waals surface area (Å²) >= 11 is 0. The SMILES string of the molecule is COc1c(C)cc(NN=C(C#N)C#N)cc1C(F)(F)F. The van der Waals surface area contributed by atoms with Crippen LogP contribution in [-0.2, 0) is 6.18 Å². The first-order valence-corrected chi connectivity index (χ1v) is 5.23. The Morgan fingerprint density at radius 1 is 1.30 bits per heavy atom. The van der Waals surface area contributed by atoms with Crippen LogP contribution < -0.4 is 10.2 Å². The highest BCUT2D eigenvalue weighted by molar-refractivity contribution is 6.10. The van der Waals surface area contributed by atoms with Gasteiger partial charge in [0.05, 0.1) is 18.4 Å². The van der Waals surface area contributed by atoms with Crippen molar-refractivity contribution in [3.8, 4) is 17.9 Å². The number of hydrogen-bond donors (Lipinski definition) is 1. The van der Waals surface area contributed by atoms with Gasteiger partial charge in [0.25, 0.3) is 0 Å². The fraction of sp³-hybridized carbons (Fsp3) is 0.250. The molecule has 5 nitrogen and oxygen atoms in total. The van der Waals surface area contributed by atoms with Crippen molar-refractivity contribution in [3.63, 3.8) is 0 Å². The molecular weight excluding hydrogens is 273 g/mol. The molecular formula is C12H9F3N4O. The van der Waals surface area contributed by atoms with Gasteiger partial charge in [-0.25, -0.2) is 0 Å². The predicted molar refractivity (Wildman–Crippen MR) is 65.0 cm³/mol. The molecule has 0 unspecified atom stereocenters. The minimum atomic E-state index is -4.59. The second-order valence-electron chi connectivity index (χ2n) is 3.67. The van der Waals surface area contributed by atoms with E-state index in [-0.39, 0.29) is 17.0 Å². The van der Waals surface area contributed by atoms with Crippen LogP contribution in [0.1, 0.15) is 11.1 Å². The maximum absolute atomic E-state index is 12.9. The molecule has 1 aromatic carbocycles. The third kappa shape index (κ3) is 3.39. The number of nitrogens with zero attached hydrogens (tertiary/aromatic N) is 3. The van der Waals surface area contributed by atoms with Crippen LogP contribution >= 0.6 is 0 Å². The fourth-order valence-corrected chi connectivity index (χ4v) is 1.52. The van der Waals surface area contributed by atoms with Crippen LogP contribution in [-0.4, -0.2) is 12.8 Å². The van der Waals surface area contributed by atoms with Gasteiger partial charge in [-0.05, 0) is 24.6 Å². The molecule has 0 spiro atoms. The van der Waals surface area contributed by atoms with E-state index in [2.05, 4.69) is 10.5 Å².